The van der Waals surface area contributed by atoms with Crippen LogP contribution in [0.15, 0.2) is 12.1 Å². The third-order valence-corrected chi connectivity index (χ3v) is 4.97. The van der Waals surface area contributed by atoms with Crippen LogP contribution in [0.3, 0.4) is 0 Å². The van der Waals surface area contributed by atoms with Crippen LogP contribution in [0.25, 0.3) is 0 Å². The second-order valence-electron chi connectivity index (χ2n) is 1.91. The maximum atomic E-state index is 7.46. The molecule has 0 aliphatic carbocycles. The Morgan fingerprint density at radius 1 is 1.09 bits per heavy atom. The molecule has 0 bridgehead atoms. The molecular weight excluding hydrogens is 184 g/mol. The van der Waals surface area contributed by atoms with Crippen LogP contribution in [0.4, 0.5) is 0 Å². The Hall–Kier alpha value is 0.134. The summed E-state index contributed by atoms with van der Waals surface area (Å²) in [7, 11) is -5.98. The molecule has 1 heterocycles. The Kier molecular flexibility index (Phi) is 0.717. The molecule has 3 heteroatoms. The van der Waals surface area contributed by atoms with Gasteiger partial charge >= 0.3 is 0 Å². The standard InChI is InChI=1S/C8H14SSi2/c1-10(2)7-5-6-8(9-7)11(3)4/h5-6H,1-4H3/i1D3,2D3,3D3,4D3. The van der Waals surface area contributed by atoms with Gasteiger partial charge in [0, 0.05) is 16.4 Å². The summed E-state index contributed by atoms with van der Waals surface area (Å²) < 4.78 is 89.6. The Balaban J connectivity index is 3.37. The van der Waals surface area contributed by atoms with Crippen LogP contribution in [0.1, 0.15) is 16.4 Å². The molecular formula is C8H14SSi2. The molecule has 0 saturated heterocycles. The summed E-state index contributed by atoms with van der Waals surface area (Å²) in [6.07, 6.45) is 0. The molecule has 0 saturated carbocycles. The lowest BCUT2D eigenvalue weighted by Crippen LogP contribution is -2.21. The molecule has 0 fully saturated rings. The quantitative estimate of drug-likeness (QED) is 0.652. The van der Waals surface area contributed by atoms with Gasteiger partial charge in [0.05, 0.1) is 17.6 Å². The van der Waals surface area contributed by atoms with E-state index < -0.39 is 43.5 Å². The Bertz CT molecular complexity index is 460. The maximum absolute atomic E-state index is 7.46. The van der Waals surface area contributed by atoms with Gasteiger partial charge in [0.15, 0.2) is 0 Å². The molecule has 2 radical (unpaired) electrons. The normalized spacial score (nSPS) is 32.2. The van der Waals surface area contributed by atoms with E-state index in [2.05, 4.69) is 0 Å². The highest BCUT2D eigenvalue weighted by Gasteiger charge is 2.07. The summed E-state index contributed by atoms with van der Waals surface area (Å²) >= 11 is 0.707. The van der Waals surface area contributed by atoms with Crippen LogP contribution < -0.4 is 9.00 Å². The van der Waals surface area contributed by atoms with E-state index in [4.69, 9.17) is 16.4 Å². The predicted molar refractivity (Wildman–Crippen MR) is 58.6 cm³/mol. The number of thiophene rings is 1. The molecule has 1 rings (SSSR count). The van der Waals surface area contributed by atoms with Crippen molar-refractivity contribution in [2.24, 2.45) is 0 Å². The Morgan fingerprint density at radius 3 is 1.91 bits per heavy atom. The van der Waals surface area contributed by atoms with Gasteiger partial charge in [-0.2, -0.15) is 11.3 Å². The van der Waals surface area contributed by atoms with E-state index in [0.29, 0.717) is 11.3 Å². The van der Waals surface area contributed by atoms with E-state index >= 15 is 0 Å². The molecule has 0 atom stereocenters. The third-order valence-electron chi connectivity index (χ3n) is 1.10. The average Bonchev–Trinajstić information content (AvgIpc) is 2.55. The van der Waals surface area contributed by atoms with Crippen molar-refractivity contribution in [3.8, 4) is 0 Å². The molecule has 60 valence electrons. The predicted octanol–water partition coefficient (Wildman–Crippen LogP) is 1.67. The molecule has 0 spiro atoms. The van der Waals surface area contributed by atoms with Crippen LogP contribution >= 0.6 is 11.3 Å². The second kappa shape index (κ2) is 3.69. The fraction of sp³-hybridized carbons (Fsp3) is 0.500. The van der Waals surface area contributed by atoms with E-state index in [-0.39, 0.29) is 9.00 Å². The lowest BCUT2D eigenvalue weighted by atomic mass is 10.7. The van der Waals surface area contributed by atoms with Gasteiger partial charge in [-0.05, 0) is 9.00 Å². The van der Waals surface area contributed by atoms with Gasteiger partial charge in [-0.15, -0.1) is 0 Å². The molecule has 0 aromatic carbocycles. The molecule has 0 unspecified atom stereocenters. The molecule has 0 amide bonds. The highest BCUT2D eigenvalue weighted by Crippen LogP contribution is 1.97. The fourth-order valence-electron chi connectivity index (χ4n) is 0.607. The summed E-state index contributed by atoms with van der Waals surface area (Å²) in [6, 6.07) is 2.52. The van der Waals surface area contributed by atoms with Crippen molar-refractivity contribution in [1.82, 2.24) is 0 Å². The first-order valence-electron chi connectivity index (χ1n) is 8.82. The Labute approximate surface area is 93.3 Å². The number of hydrogen-bond acceptors (Lipinski definition) is 1. The van der Waals surface area contributed by atoms with E-state index in [1.165, 1.54) is 12.1 Å². The van der Waals surface area contributed by atoms with Crippen molar-refractivity contribution in [2.45, 2.75) is 25.9 Å². The lowest BCUT2D eigenvalue weighted by molar-refractivity contribution is 1.96. The van der Waals surface area contributed by atoms with Gasteiger partial charge in [-0.25, -0.2) is 0 Å². The Morgan fingerprint density at radius 2 is 1.55 bits per heavy atom. The molecule has 0 N–H and O–H groups in total. The highest BCUT2D eigenvalue weighted by molar-refractivity contribution is 7.31. The van der Waals surface area contributed by atoms with Crippen molar-refractivity contribution in [1.29, 1.82) is 0 Å². The first-order valence-corrected chi connectivity index (χ1v) is 6.64. The van der Waals surface area contributed by atoms with Gasteiger partial charge in [0.25, 0.3) is 0 Å². The minimum atomic E-state index is -2.99. The maximum Gasteiger partial charge on any atom is 0.0927 e. The summed E-state index contributed by atoms with van der Waals surface area (Å²) in [5, 5.41) is 0. The highest BCUT2D eigenvalue weighted by atomic mass is 32.1. The average molecular weight is 211 g/mol. The zero-order valence-electron chi connectivity index (χ0n) is 17.6. The van der Waals surface area contributed by atoms with Crippen LogP contribution in [-0.4, -0.2) is 17.6 Å². The smallest absolute Gasteiger partial charge is 0.0927 e. The largest absolute Gasteiger partial charge is 0.155 e. The number of hydrogen-bond donors (Lipinski definition) is 0. The van der Waals surface area contributed by atoms with Crippen LogP contribution in [0.5, 0.6) is 0 Å². The van der Waals surface area contributed by atoms with Crippen molar-refractivity contribution in [3.63, 3.8) is 0 Å². The third kappa shape index (κ3) is 2.28. The van der Waals surface area contributed by atoms with Crippen LogP contribution in [0.2, 0.25) is 25.9 Å². The molecule has 0 nitrogen and oxygen atoms in total. The summed E-state index contributed by atoms with van der Waals surface area (Å²) in [4.78, 5) is 0. The van der Waals surface area contributed by atoms with Crippen molar-refractivity contribution in [3.05, 3.63) is 12.1 Å². The second-order valence-corrected chi connectivity index (χ2v) is 6.30. The van der Waals surface area contributed by atoms with E-state index in [1.54, 1.807) is 0 Å². The van der Waals surface area contributed by atoms with E-state index in [9.17, 15) is 0 Å². The van der Waals surface area contributed by atoms with E-state index in [1.807, 2.05) is 0 Å². The van der Waals surface area contributed by atoms with Crippen LogP contribution in [0, 0.1) is 0 Å². The minimum Gasteiger partial charge on any atom is -0.155 e. The van der Waals surface area contributed by atoms with Crippen molar-refractivity contribution < 1.29 is 16.4 Å². The molecule has 0 aliphatic rings. The monoisotopic (exact) mass is 210 g/mol. The van der Waals surface area contributed by atoms with Crippen molar-refractivity contribution >= 4 is 37.9 Å². The molecule has 0 aliphatic heterocycles. The van der Waals surface area contributed by atoms with E-state index in [0.717, 1.165) is 0 Å². The first kappa shape index (κ1) is 2.14. The summed E-state index contributed by atoms with van der Waals surface area (Å²) in [5.74, 6) is 0. The zero-order chi connectivity index (χ0) is 18.4. The number of rotatable bonds is 2. The molecule has 11 heavy (non-hydrogen) atoms. The van der Waals surface area contributed by atoms with Gasteiger partial charge in [0.2, 0.25) is 0 Å². The topological polar surface area (TPSA) is 0 Å². The lowest BCUT2D eigenvalue weighted by Gasteiger charge is -1.97. The van der Waals surface area contributed by atoms with Gasteiger partial charge in [0.1, 0.15) is 0 Å². The molecule has 1 aromatic heterocycles. The molecule has 1 aromatic rings. The fourth-order valence-corrected chi connectivity index (χ4v) is 3.40. The van der Waals surface area contributed by atoms with Crippen molar-refractivity contribution in [2.75, 3.05) is 0 Å². The first-order chi connectivity index (χ1) is 9.95. The van der Waals surface area contributed by atoms with Crippen LogP contribution in [-0.2, 0) is 0 Å². The van der Waals surface area contributed by atoms with Gasteiger partial charge < -0.3 is 0 Å². The minimum absolute atomic E-state index is 0.0565. The SMILES string of the molecule is [2H]C([2H])([2H])[Si](c1ccc([Si](C([2H])([2H])[2H])C([2H])([2H])[2H])s1)C([2H])([2H])[2H]. The van der Waals surface area contributed by atoms with Gasteiger partial charge in [-0.1, -0.05) is 38.0 Å². The zero-order valence-corrected chi connectivity index (χ0v) is 8.38. The van der Waals surface area contributed by atoms with Gasteiger partial charge in [-0.3, -0.25) is 0 Å². The summed E-state index contributed by atoms with van der Waals surface area (Å²) in [5.41, 5.74) is 0. The summed E-state index contributed by atoms with van der Waals surface area (Å²) in [6.45, 7) is -10.8.